The first-order valence-electron chi connectivity index (χ1n) is 7.75. The first kappa shape index (κ1) is 15.2. The molecule has 0 aliphatic heterocycles. The Hall–Kier alpha value is -3.34. The number of nitrogens with one attached hydrogen (secondary N) is 1. The van der Waals surface area contributed by atoms with E-state index in [1.807, 2.05) is 24.3 Å². The molecule has 4 aromatic rings. The van der Waals surface area contributed by atoms with Crippen LogP contribution < -0.4 is 5.32 Å². The summed E-state index contributed by atoms with van der Waals surface area (Å²) in [6.45, 7) is 0. The van der Waals surface area contributed by atoms with E-state index in [1.54, 1.807) is 30.3 Å². The molecule has 0 saturated heterocycles. The van der Waals surface area contributed by atoms with Gasteiger partial charge in [0.25, 0.3) is 0 Å². The molecule has 5 heteroatoms. The van der Waals surface area contributed by atoms with Gasteiger partial charge in [0.1, 0.15) is 17.5 Å². The second kappa shape index (κ2) is 6.28. The molecule has 1 aromatic heterocycles. The highest BCUT2D eigenvalue weighted by molar-refractivity contribution is 5.92. The standard InChI is InChI=1S/C20H13F2N3/c21-14-11-9-13(10-12-14)19-23-17-7-3-1-5-15(17)20(25-19)24-18-8-4-2-6-16(18)22/h1-12H,(H,23,24,25). The molecule has 0 fully saturated rings. The van der Waals surface area contributed by atoms with Gasteiger partial charge in [0.15, 0.2) is 5.82 Å². The molecule has 0 unspecified atom stereocenters. The number of rotatable bonds is 3. The number of hydrogen-bond donors (Lipinski definition) is 1. The Bertz CT molecular complexity index is 1050. The molecule has 0 amide bonds. The molecular formula is C20H13F2N3. The smallest absolute Gasteiger partial charge is 0.162 e. The van der Waals surface area contributed by atoms with Crippen molar-refractivity contribution in [3.8, 4) is 11.4 Å². The highest BCUT2D eigenvalue weighted by Crippen LogP contribution is 2.28. The van der Waals surface area contributed by atoms with E-state index in [4.69, 9.17) is 0 Å². The molecule has 0 aliphatic rings. The van der Waals surface area contributed by atoms with Crippen molar-refractivity contribution in [2.75, 3.05) is 5.32 Å². The quantitative estimate of drug-likeness (QED) is 0.551. The van der Waals surface area contributed by atoms with Crippen molar-refractivity contribution in [3.63, 3.8) is 0 Å². The van der Waals surface area contributed by atoms with Crippen LogP contribution in [-0.4, -0.2) is 9.97 Å². The number of halogens is 2. The summed E-state index contributed by atoms with van der Waals surface area (Å²) in [6, 6.07) is 19.8. The summed E-state index contributed by atoms with van der Waals surface area (Å²) in [5.74, 6) is 0.246. The third-order valence-electron chi connectivity index (χ3n) is 3.83. The van der Waals surface area contributed by atoms with Gasteiger partial charge < -0.3 is 5.32 Å². The van der Waals surface area contributed by atoms with Gasteiger partial charge in [-0.05, 0) is 48.5 Å². The average molecular weight is 333 g/mol. The summed E-state index contributed by atoms with van der Waals surface area (Å²) in [6.07, 6.45) is 0. The fraction of sp³-hybridized carbons (Fsp3) is 0. The van der Waals surface area contributed by atoms with Gasteiger partial charge in [-0.3, -0.25) is 0 Å². The fourth-order valence-electron chi connectivity index (χ4n) is 2.59. The van der Waals surface area contributed by atoms with Gasteiger partial charge in [-0.25, -0.2) is 18.7 Å². The Morgan fingerprint density at radius 1 is 0.720 bits per heavy atom. The number of fused-ring (bicyclic) bond motifs is 1. The van der Waals surface area contributed by atoms with Crippen LogP contribution in [0.15, 0.2) is 72.8 Å². The van der Waals surface area contributed by atoms with Crippen LogP contribution in [0.25, 0.3) is 22.3 Å². The summed E-state index contributed by atoms with van der Waals surface area (Å²) in [5.41, 5.74) is 1.73. The first-order chi connectivity index (χ1) is 12.2. The lowest BCUT2D eigenvalue weighted by atomic mass is 10.1. The molecule has 0 spiro atoms. The van der Waals surface area contributed by atoms with Crippen molar-refractivity contribution in [2.24, 2.45) is 0 Å². The third-order valence-corrected chi connectivity index (χ3v) is 3.83. The lowest BCUT2D eigenvalue weighted by Gasteiger charge is -2.11. The summed E-state index contributed by atoms with van der Waals surface area (Å²) in [5, 5.41) is 3.81. The van der Waals surface area contributed by atoms with Crippen molar-refractivity contribution in [2.45, 2.75) is 0 Å². The number of nitrogens with zero attached hydrogens (tertiary/aromatic N) is 2. The van der Waals surface area contributed by atoms with Crippen LogP contribution in [-0.2, 0) is 0 Å². The third kappa shape index (κ3) is 3.04. The van der Waals surface area contributed by atoms with Crippen LogP contribution in [0, 0.1) is 11.6 Å². The zero-order chi connectivity index (χ0) is 17.2. The molecule has 1 heterocycles. The van der Waals surface area contributed by atoms with E-state index >= 15 is 0 Å². The molecule has 25 heavy (non-hydrogen) atoms. The largest absolute Gasteiger partial charge is 0.337 e. The zero-order valence-corrected chi connectivity index (χ0v) is 13.1. The fourth-order valence-corrected chi connectivity index (χ4v) is 2.59. The Kier molecular flexibility index (Phi) is 3.82. The van der Waals surface area contributed by atoms with Crippen molar-refractivity contribution >= 4 is 22.4 Å². The van der Waals surface area contributed by atoms with Gasteiger partial charge in [-0.2, -0.15) is 0 Å². The monoisotopic (exact) mass is 333 g/mol. The van der Waals surface area contributed by atoms with Crippen LogP contribution in [0.4, 0.5) is 20.3 Å². The lowest BCUT2D eigenvalue weighted by molar-refractivity contribution is 0.628. The van der Waals surface area contributed by atoms with Crippen molar-refractivity contribution in [1.82, 2.24) is 9.97 Å². The van der Waals surface area contributed by atoms with Gasteiger partial charge in [-0.15, -0.1) is 0 Å². The highest BCUT2D eigenvalue weighted by Gasteiger charge is 2.11. The van der Waals surface area contributed by atoms with E-state index in [2.05, 4.69) is 15.3 Å². The number of aromatic nitrogens is 2. The average Bonchev–Trinajstić information content (AvgIpc) is 2.64. The van der Waals surface area contributed by atoms with Crippen molar-refractivity contribution < 1.29 is 8.78 Å². The minimum atomic E-state index is -0.367. The molecule has 0 bridgehead atoms. The molecule has 3 nitrogen and oxygen atoms in total. The van der Waals surface area contributed by atoms with Crippen LogP contribution in [0.1, 0.15) is 0 Å². The Morgan fingerprint density at radius 2 is 1.44 bits per heavy atom. The molecule has 1 N–H and O–H groups in total. The van der Waals surface area contributed by atoms with E-state index in [9.17, 15) is 8.78 Å². The van der Waals surface area contributed by atoms with Gasteiger partial charge in [-0.1, -0.05) is 24.3 Å². The maximum absolute atomic E-state index is 14.0. The molecule has 0 atom stereocenters. The predicted octanol–water partition coefficient (Wildman–Crippen LogP) is 5.32. The van der Waals surface area contributed by atoms with Crippen molar-refractivity contribution in [3.05, 3.63) is 84.4 Å². The summed E-state index contributed by atoms with van der Waals surface area (Å²) >= 11 is 0. The zero-order valence-electron chi connectivity index (χ0n) is 13.1. The summed E-state index contributed by atoms with van der Waals surface area (Å²) in [7, 11) is 0. The van der Waals surface area contributed by atoms with E-state index in [0.717, 1.165) is 10.9 Å². The second-order valence-corrected chi connectivity index (χ2v) is 5.52. The molecule has 0 saturated carbocycles. The lowest BCUT2D eigenvalue weighted by Crippen LogP contribution is -2.00. The van der Waals surface area contributed by atoms with E-state index < -0.39 is 0 Å². The van der Waals surface area contributed by atoms with Crippen LogP contribution in [0.3, 0.4) is 0 Å². The Balaban J connectivity index is 1.87. The number of hydrogen-bond acceptors (Lipinski definition) is 3. The summed E-state index contributed by atoms with van der Waals surface area (Å²) < 4.78 is 27.2. The van der Waals surface area contributed by atoms with Gasteiger partial charge >= 0.3 is 0 Å². The van der Waals surface area contributed by atoms with Crippen molar-refractivity contribution in [1.29, 1.82) is 0 Å². The SMILES string of the molecule is Fc1ccc(-c2nc(Nc3ccccc3F)c3ccccc3n2)cc1. The minimum Gasteiger partial charge on any atom is -0.337 e. The number of anilines is 2. The van der Waals surface area contributed by atoms with Gasteiger partial charge in [0, 0.05) is 10.9 Å². The number of benzene rings is 3. The van der Waals surface area contributed by atoms with E-state index in [1.165, 1.54) is 18.2 Å². The number of para-hydroxylation sites is 2. The molecule has 4 rings (SSSR count). The molecular weight excluding hydrogens is 320 g/mol. The van der Waals surface area contributed by atoms with Crippen LogP contribution >= 0.6 is 0 Å². The molecule has 0 radical (unpaired) electrons. The van der Waals surface area contributed by atoms with E-state index in [-0.39, 0.29) is 11.6 Å². The Labute approximate surface area is 143 Å². The van der Waals surface area contributed by atoms with Crippen LogP contribution in [0.2, 0.25) is 0 Å². The Morgan fingerprint density at radius 3 is 2.24 bits per heavy atom. The first-order valence-corrected chi connectivity index (χ1v) is 7.75. The second-order valence-electron chi connectivity index (χ2n) is 5.52. The molecule has 3 aromatic carbocycles. The summed E-state index contributed by atoms with van der Waals surface area (Å²) in [4.78, 5) is 9.06. The van der Waals surface area contributed by atoms with Gasteiger partial charge in [0.05, 0.1) is 11.2 Å². The van der Waals surface area contributed by atoms with Crippen LogP contribution in [0.5, 0.6) is 0 Å². The molecule has 122 valence electrons. The maximum Gasteiger partial charge on any atom is 0.162 e. The minimum absolute atomic E-state index is 0.325. The highest BCUT2D eigenvalue weighted by atomic mass is 19.1. The van der Waals surface area contributed by atoms with Gasteiger partial charge in [0.2, 0.25) is 0 Å². The van der Waals surface area contributed by atoms with E-state index in [0.29, 0.717) is 22.9 Å². The normalized spacial score (nSPS) is 10.8. The predicted molar refractivity (Wildman–Crippen MR) is 94.6 cm³/mol. The maximum atomic E-state index is 14.0. The topological polar surface area (TPSA) is 37.8 Å². The molecule has 0 aliphatic carbocycles.